The number of hydrazone groups is 1. The normalized spacial score (nSPS) is 12.1. The van der Waals surface area contributed by atoms with Gasteiger partial charge in [-0.05, 0) is 40.1 Å². The molecule has 0 saturated heterocycles. The van der Waals surface area contributed by atoms with Gasteiger partial charge in [0.25, 0.3) is 5.91 Å². The third-order valence-corrected chi connectivity index (χ3v) is 5.22. The summed E-state index contributed by atoms with van der Waals surface area (Å²) in [7, 11) is 0. The summed E-state index contributed by atoms with van der Waals surface area (Å²) in [5, 5.41) is 16.9. The maximum absolute atomic E-state index is 12.3. The number of aliphatic hydroxyl groups is 1. The zero-order valence-electron chi connectivity index (χ0n) is 17.1. The van der Waals surface area contributed by atoms with Crippen molar-refractivity contribution in [1.29, 1.82) is 0 Å². The van der Waals surface area contributed by atoms with Gasteiger partial charge < -0.3 is 9.84 Å². The molecule has 0 saturated carbocycles. The van der Waals surface area contributed by atoms with Gasteiger partial charge >= 0.3 is 0 Å². The van der Waals surface area contributed by atoms with Gasteiger partial charge in [0, 0.05) is 10.6 Å². The number of ether oxygens (including phenoxy) is 1. The van der Waals surface area contributed by atoms with Gasteiger partial charge in [-0.1, -0.05) is 84.4 Å². The lowest BCUT2D eigenvalue weighted by atomic mass is 10.0. The Balaban J connectivity index is 1.55. The highest BCUT2D eigenvalue weighted by molar-refractivity contribution is 6.30. The van der Waals surface area contributed by atoms with Crippen molar-refractivity contribution in [2.24, 2.45) is 5.10 Å². The van der Waals surface area contributed by atoms with E-state index in [0.717, 1.165) is 21.9 Å². The molecule has 1 atom stereocenters. The van der Waals surface area contributed by atoms with Crippen LogP contribution in [0.1, 0.15) is 22.8 Å². The average molecular weight is 445 g/mol. The first-order valence-corrected chi connectivity index (χ1v) is 10.4. The molecule has 0 bridgehead atoms. The number of hydrogen-bond donors (Lipinski definition) is 2. The molecule has 0 aliphatic rings. The molecule has 0 aliphatic carbocycles. The van der Waals surface area contributed by atoms with Crippen molar-refractivity contribution in [3.63, 3.8) is 0 Å². The van der Waals surface area contributed by atoms with E-state index in [1.165, 1.54) is 6.21 Å². The van der Waals surface area contributed by atoms with Crippen molar-refractivity contribution in [2.45, 2.75) is 12.7 Å². The first kappa shape index (κ1) is 21.6. The third kappa shape index (κ3) is 5.14. The summed E-state index contributed by atoms with van der Waals surface area (Å²) >= 11 is 5.95. The Bertz CT molecular complexity index is 1240. The summed E-state index contributed by atoms with van der Waals surface area (Å²) < 4.78 is 6.05. The van der Waals surface area contributed by atoms with Crippen LogP contribution in [-0.4, -0.2) is 17.2 Å². The highest BCUT2D eigenvalue weighted by Crippen LogP contribution is 2.27. The number of carbonyl (C=O) groups excluding carboxylic acids is 1. The van der Waals surface area contributed by atoms with Crippen LogP contribution in [0.15, 0.2) is 96.1 Å². The molecule has 0 aromatic heterocycles. The van der Waals surface area contributed by atoms with Crippen LogP contribution in [0.3, 0.4) is 0 Å². The molecule has 4 rings (SSSR count). The van der Waals surface area contributed by atoms with E-state index in [1.807, 2.05) is 66.7 Å². The van der Waals surface area contributed by atoms with E-state index in [4.69, 9.17) is 16.3 Å². The summed E-state index contributed by atoms with van der Waals surface area (Å²) in [6.07, 6.45) is 0.233. The van der Waals surface area contributed by atoms with Crippen molar-refractivity contribution in [3.8, 4) is 5.75 Å². The Morgan fingerprint density at radius 3 is 2.47 bits per heavy atom. The molecule has 2 N–H and O–H groups in total. The molecule has 1 amide bonds. The summed E-state index contributed by atoms with van der Waals surface area (Å²) in [6, 6.07) is 27.8. The number of nitrogens with zero attached hydrogens (tertiary/aromatic N) is 1. The second-order valence-electron chi connectivity index (χ2n) is 7.16. The topological polar surface area (TPSA) is 70.9 Å². The van der Waals surface area contributed by atoms with Gasteiger partial charge in [0.05, 0.1) is 6.21 Å². The predicted molar refractivity (Wildman–Crippen MR) is 127 cm³/mol. The maximum atomic E-state index is 12.3. The summed E-state index contributed by atoms with van der Waals surface area (Å²) in [6.45, 7) is 0.357. The third-order valence-electron chi connectivity index (χ3n) is 4.97. The number of nitrogens with one attached hydrogen (secondary N) is 1. The summed E-state index contributed by atoms with van der Waals surface area (Å²) in [5.41, 5.74) is 4.61. The Morgan fingerprint density at radius 1 is 0.969 bits per heavy atom. The summed E-state index contributed by atoms with van der Waals surface area (Å²) in [4.78, 5) is 12.3. The smallest absolute Gasteiger partial charge is 0.273 e. The Morgan fingerprint density at radius 2 is 1.69 bits per heavy atom. The molecule has 4 aromatic rings. The van der Waals surface area contributed by atoms with Crippen LogP contribution >= 0.6 is 11.6 Å². The van der Waals surface area contributed by atoms with Gasteiger partial charge in [-0.25, -0.2) is 5.43 Å². The van der Waals surface area contributed by atoms with E-state index in [0.29, 0.717) is 22.9 Å². The van der Waals surface area contributed by atoms with E-state index in [1.54, 1.807) is 24.3 Å². The van der Waals surface area contributed by atoms with Crippen molar-refractivity contribution < 1.29 is 14.6 Å². The lowest BCUT2D eigenvalue weighted by Crippen LogP contribution is -2.25. The van der Waals surface area contributed by atoms with Crippen LogP contribution in [0.2, 0.25) is 5.02 Å². The Kier molecular flexibility index (Phi) is 6.80. The number of benzene rings is 4. The van der Waals surface area contributed by atoms with Gasteiger partial charge in [-0.2, -0.15) is 5.10 Å². The van der Waals surface area contributed by atoms with Crippen molar-refractivity contribution in [1.82, 2.24) is 5.43 Å². The predicted octanol–water partition coefficient (Wildman–Crippen LogP) is 5.26. The first-order chi connectivity index (χ1) is 15.6. The van der Waals surface area contributed by atoms with Gasteiger partial charge in [-0.3, -0.25) is 4.79 Å². The monoisotopic (exact) mass is 444 g/mol. The molecule has 0 aliphatic heterocycles. The molecule has 160 valence electrons. The number of halogens is 1. The molecule has 0 heterocycles. The first-order valence-electron chi connectivity index (χ1n) is 10.1. The van der Waals surface area contributed by atoms with E-state index in [2.05, 4.69) is 10.5 Å². The molecule has 5 nitrogen and oxygen atoms in total. The molecule has 0 fully saturated rings. The number of carbonyl (C=O) groups is 1. The highest BCUT2D eigenvalue weighted by Gasteiger charge is 2.16. The van der Waals surface area contributed by atoms with Crippen molar-refractivity contribution in [2.75, 3.05) is 0 Å². The fraction of sp³-hybridized carbons (Fsp3) is 0.0769. The van der Waals surface area contributed by atoms with Crippen LogP contribution in [0, 0.1) is 0 Å². The highest BCUT2D eigenvalue weighted by atomic mass is 35.5. The zero-order valence-corrected chi connectivity index (χ0v) is 17.9. The lowest BCUT2D eigenvalue weighted by Gasteiger charge is -2.12. The molecule has 6 heteroatoms. The molecule has 32 heavy (non-hydrogen) atoms. The second kappa shape index (κ2) is 10.1. The van der Waals surface area contributed by atoms with Gasteiger partial charge in [0.2, 0.25) is 0 Å². The van der Waals surface area contributed by atoms with Crippen molar-refractivity contribution >= 4 is 34.5 Å². The largest absolute Gasteiger partial charge is 0.488 e. The van der Waals surface area contributed by atoms with E-state index >= 15 is 0 Å². The summed E-state index contributed by atoms with van der Waals surface area (Å²) in [5.74, 6) is 0.0107. The fourth-order valence-corrected chi connectivity index (χ4v) is 3.41. The van der Waals surface area contributed by atoms with E-state index < -0.39 is 12.0 Å². The van der Waals surface area contributed by atoms with Crippen molar-refractivity contribution in [3.05, 3.63) is 113 Å². The zero-order chi connectivity index (χ0) is 22.3. The van der Waals surface area contributed by atoms with Crippen LogP contribution in [0.5, 0.6) is 5.75 Å². The van der Waals surface area contributed by atoms with Crippen LogP contribution in [-0.2, 0) is 11.4 Å². The van der Waals surface area contributed by atoms with Gasteiger partial charge in [0.15, 0.2) is 6.10 Å². The Hall–Kier alpha value is -3.67. The second-order valence-corrected chi connectivity index (χ2v) is 7.60. The number of amides is 1. The maximum Gasteiger partial charge on any atom is 0.273 e. The van der Waals surface area contributed by atoms with Crippen LogP contribution < -0.4 is 10.2 Å². The molecule has 4 aromatic carbocycles. The number of fused-ring (bicyclic) bond motifs is 1. The minimum atomic E-state index is -1.30. The molecule has 0 spiro atoms. The number of hydrogen-bond acceptors (Lipinski definition) is 4. The number of aliphatic hydroxyl groups excluding tert-OH is 1. The van der Waals surface area contributed by atoms with E-state index in [9.17, 15) is 9.90 Å². The lowest BCUT2D eigenvalue weighted by molar-refractivity contribution is -0.129. The van der Waals surface area contributed by atoms with E-state index in [-0.39, 0.29) is 0 Å². The van der Waals surface area contributed by atoms with Gasteiger partial charge in [-0.15, -0.1) is 0 Å². The standard InChI is InChI=1S/C26H21ClN2O3/c27-21-13-10-18(11-14-21)17-32-24-15-12-19-6-4-5-9-22(19)23(24)16-28-29-26(31)25(30)20-7-2-1-3-8-20/h1-16,25,30H,17H2,(H,29,31)/b28-16-/t25-/m0/s1. The van der Waals surface area contributed by atoms with Crippen LogP contribution in [0.25, 0.3) is 10.8 Å². The quantitative estimate of drug-likeness (QED) is 0.302. The molecular formula is C26H21ClN2O3. The minimum Gasteiger partial charge on any atom is -0.488 e. The molecular weight excluding hydrogens is 424 g/mol. The van der Waals surface area contributed by atoms with Crippen LogP contribution in [0.4, 0.5) is 0 Å². The van der Waals surface area contributed by atoms with Gasteiger partial charge in [0.1, 0.15) is 12.4 Å². The number of rotatable bonds is 7. The SMILES string of the molecule is O=C(N/N=C\c1c(OCc2ccc(Cl)cc2)ccc2ccccc12)[C@@H](O)c1ccccc1. The average Bonchev–Trinajstić information content (AvgIpc) is 2.84. The Labute approximate surface area is 190 Å². The molecule has 0 radical (unpaired) electrons. The fourth-order valence-electron chi connectivity index (χ4n) is 3.28. The minimum absolute atomic E-state index is 0.357. The molecule has 0 unspecified atom stereocenters.